The highest BCUT2D eigenvalue weighted by molar-refractivity contribution is 5.45. The molecule has 42 heavy (non-hydrogen) atoms. The summed E-state index contributed by atoms with van der Waals surface area (Å²) in [6.45, 7) is 6.88. The second kappa shape index (κ2) is 10.6. The van der Waals surface area contributed by atoms with E-state index in [0.717, 1.165) is 51.4 Å². The molecule has 1 saturated heterocycles. The van der Waals surface area contributed by atoms with E-state index in [4.69, 9.17) is 15.9 Å². The topological polar surface area (TPSA) is 41.9 Å². The van der Waals surface area contributed by atoms with Crippen molar-refractivity contribution in [3.05, 3.63) is 64.7 Å². The summed E-state index contributed by atoms with van der Waals surface area (Å²) in [5.41, 5.74) is 2.02. The van der Waals surface area contributed by atoms with Gasteiger partial charge in [0.25, 0.3) is 0 Å². The maximum absolute atomic E-state index is 15.4. The molecule has 4 aliphatic carbocycles. The van der Waals surface area contributed by atoms with Gasteiger partial charge < -0.3 is 14.6 Å². The van der Waals surface area contributed by atoms with Gasteiger partial charge in [0.2, 0.25) is 0 Å². The van der Waals surface area contributed by atoms with Crippen LogP contribution in [0, 0.1) is 29.6 Å². The average molecular weight is 576 g/mol. The Balaban J connectivity index is 1.20. The molecular formula is C36H43F2NO3. The molecule has 1 aliphatic heterocycles. The van der Waals surface area contributed by atoms with Crippen LogP contribution in [0.3, 0.4) is 0 Å². The zero-order chi connectivity index (χ0) is 29.1. The van der Waals surface area contributed by atoms with Gasteiger partial charge >= 0.3 is 5.92 Å². The van der Waals surface area contributed by atoms with Crippen molar-refractivity contribution in [2.24, 2.45) is 17.3 Å². The molecule has 7 rings (SSSR count). The molecule has 5 aliphatic rings. The first-order chi connectivity index (χ1) is 20.2. The van der Waals surface area contributed by atoms with Gasteiger partial charge in [0, 0.05) is 25.0 Å². The van der Waals surface area contributed by atoms with E-state index in [2.05, 4.69) is 47.4 Å². The molecule has 1 N–H and O–H groups in total. The number of hydrogen-bond acceptors (Lipinski definition) is 4. The number of ether oxygens (including phenoxy) is 2. The summed E-state index contributed by atoms with van der Waals surface area (Å²) in [5, 5.41) is 11.7. The highest BCUT2D eigenvalue weighted by atomic mass is 19.3. The van der Waals surface area contributed by atoms with E-state index in [1.807, 2.05) is 6.92 Å². The van der Waals surface area contributed by atoms with Crippen LogP contribution in [0.1, 0.15) is 85.5 Å². The monoisotopic (exact) mass is 575 g/mol. The molecule has 2 aromatic rings. The fourth-order valence-electron chi connectivity index (χ4n) is 9.29. The predicted molar refractivity (Wildman–Crippen MR) is 159 cm³/mol. The molecule has 6 heteroatoms. The first-order valence-corrected chi connectivity index (χ1v) is 16.0. The average Bonchev–Trinajstić information content (AvgIpc) is 3.82. The third-order valence-electron chi connectivity index (χ3n) is 11.8. The summed E-state index contributed by atoms with van der Waals surface area (Å²) in [6.07, 6.45) is 10.8. The van der Waals surface area contributed by atoms with Crippen molar-refractivity contribution in [3.8, 4) is 18.1 Å². The molecule has 0 radical (unpaired) electrons. The van der Waals surface area contributed by atoms with Gasteiger partial charge in [-0.1, -0.05) is 37.3 Å². The molecule has 224 valence electrons. The number of morpholine rings is 1. The number of aryl methyl sites for hydroxylation is 1. The Morgan fingerprint density at radius 3 is 2.52 bits per heavy atom. The Kier molecular flexibility index (Phi) is 7.16. The molecular weight excluding hydrogens is 532 g/mol. The van der Waals surface area contributed by atoms with Crippen LogP contribution in [0.25, 0.3) is 0 Å². The molecule has 0 spiro atoms. The molecule has 1 heterocycles. The Labute approximate surface area is 248 Å². The summed E-state index contributed by atoms with van der Waals surface area (Å²) in [6, 6.07) is 15.5. The van der Waals surface area contributed by atoms with E-state index in [0.29, 0.717) is 25.4 Å². The first-order valence-electron chi connectivity index (χ1n) is 16.0. The SMILES string of the molecule is C#CC(F)(F)[C@]1(O)CC[C@H]2[C@@H]3CCc4cc(OCCN5CCOCC5)ccc4C3[C@H](c3ccc(C4CC4)cc3)C[C@@]21C. The molecule has 2 aromatic carbocycles. The summed E-state index contributed by atoms with van der Waals surface area (Å²) >= 11 is 0. The Hall–Kier alpha value is -2.46. The van der Waals surface area contributed by atoms with Crippen molar-refractivity contribution in [2.45, 2.75) is 81.1 Å². The van der Waals surface area contributed by atoms with Crippen molar-refractivity contribution < 1.29 is 23.4 Å². The Bertz CT molecular complexity index is 1340. The second-order valence-corrected chi connectivity index (χ2v) is 13.8. The molecule has 0 amide bonds. The normalized spacial score (nSPS) is 34.6. The van der Waals surface area contributed by atoms with Gasteiger partial charge in [0.1, 0.15) is 18.0 Å². The van der Waals surface area contributed by atoms with Gasteiger partial charge in [0.05, 0.1) is 13.2 Å². The lowest BCUT2D eigenvalue weighted by atomic mass is 9.48. The summed E-state index contributed by atoms with van der Waals surface area (Å²) in [5.74, 6) is 0.114. The minimum atomic E-state index is -3.57. The first kappa shape index (κ1) is 28.3. The molecule has 0 bridgehead atoms. The summed E-state index contributed by atoms with van der Waals surface area (Å²) in [7, 11) is 0. The van der Waals surface area contributed by atoms with Crippen LogP contribution < -0.4 is 4.74 Å². The fourth-order valence-corrected chi connectivity index (χ4v) is 9.29. The molecule has 3 saturated carbocycles. The maximum atomic E-state index is 15.4. The fraction of sp³-hybridized carbons (Fsp3) is 0.611. The highest BCUT2D eigenvalue weighted by Gasteiger charge is 2.71. The van der Waals surface area contributed by atoms with Crippen LogP contribution in [0.4, 0.5) is 8.78 Å². The van der Waals surface area contributed by atoms with Crippen LogP contribution in [0.2, 0.25) is 0 Å². The minimum Gasteiger partial charge on any atom is -0.492 e. The van der Waals surface area contributed by atoms with Crippen molar-refractivity contribution in [2.75, 3.05) is 39.5 Å². The third-order valence-corrected chi connectivity index (χ3v) is 11.8. The molecule has 4 nitrogen and oxygen atoms in total. The number of halogens is 2. The van der Waals surface area contributed by atoms with Crippen LogP contribution in [0.15, 0.2) is 42.5 Å². The Morgan fingerprint density at radius 1 is 1.07 bits per heavy atom. The van der Waals surface area contributed by atoms with Crippen molar-refractivity contribution in [3.63, 3.8) is 0 Å². The smallest absolute Gasteiger partial charge is 0.336 e. The lowest BCUT2D eigenvalue weighted by molar-refractivity contribution is -0.214. The highest BCUT2D eigenvalue weighted by Crippen LogP contribution is 2.70. The van der Waals surface area contributed by atoms with Gasteiger partial charge in [-0.3, -0.25) is 4.90 Å². The van der Waals surface area contributed by atoms with Crippen LogP contribution in [0.5, 0.6) is 5.75 Å². The summed E-state index contributed by atoms with van der Waals surface area (Å²) in [4.78, 5) is 2.37. The molecule has 0 aromatic heterocycles. The Morgan fingerprint density at radius 2 is 1.81 bits per heavy atom. The van der Waals surface area contributed by atoms with Crippen molar-refractivity contribution in [1.82, 2.24) is 4.90 Å². The van der Waals surface area contributed by atoms with E-state index in [-0.39, 0.29) is 30.1 Å². The number of benzene rings is 2. The predicted octanol–water partition coefficient (Wildman–Crippen LogP) is 6.52. The number of aliphatic hydroxyl groups is 1. The largest absolute Gasteiger partial charge is 0.492 e. The number of alkyl halides is 2. The second-order valence-electron chi connectivity index (χ2n) is 13.8. The number of rotatable bonds is 7. The molecule has 6 atom stereocenters. The van der Waals surface area contributed by atoms with Gasteiger partial charge in [-0.2, -0.15) is 8.78 Å². The lowest BCUT2D eigenvalue weighted by Gasteiger charge is -2.57. The number of nitrogens with zero attached hydrogens (tertiary/aromatic N) is 1. The van der Waals surface area contributed by atoms with Gasteiger partial charge in [0.15, 0.2) is 0 Å². The van der Waals surface area contributed by atoms with Crippen LogP contribution in [-0.2, 0) is 11.2 Å². The van der Waals surface area contributed by atoms with Gasteiger partial charge in [-0.15, -0.1) is 6.42 Å². The maximum Gasteiger partial charge on any atom is 0.336 e. The standard InChI is InChI=1S/C36H43F2NO3/c1-3-36(37,38)35(40)15-14-32-30-12-10-27-22-28(42-21-18-39-16-19-41-20-17-39)11-13-29(27)33(30)31(23-34(32,35)2)26-8-6-25(7-9-26)24-4-5-24/h1,6-9,11,13,22,24,30-33,40H,4-5,10,12,14-21,23H2,2H3/t30-,31-,32-,33?,34-,35-/m0/s1. The van der Waals surface area contributed by atoms with Crippen molar-refractivity contribution >= 4 is 0 Å². The number of fused-ring (bicyclic) bond motifs is 5. The van der Waals surface area contributed by atoms with E-state index in [1.54, 1.807) is 5.92 Å². The minimum absolute atomic E-state index is 0.00805. The zero-order valence-corrected chi connectivity index (χ0v) is 24.7. The summed E-state index contributed by atoms with van der Waals surface area (Å²) < 4.78 is 42.4. The number of terminal acetylenes is 1. The zero-order valence-electron chi connectivity index (χ0n) is 24.7. The van der Waals surface area contributed by atoms with E-state index in [9.17, 15) is 5.11 Å². The molecule has 4 fully saturated rings. The van der Waals surface area contributed by atoms with Crippen LogP contribution in [-0.4, -0.2) is 61.0 Å². The number of hydrogen-bond donors (Lipinski definition) is 1. The van der Waals surface area contributed by atoms with Gasteiger partial charge in [-0.05, 0) is 115 Å². The lowest BCUT2D eigenvalue weighted by Crippen LogP contribution is -2.60. The molecule has 1 unspecified atom stereocenters. The van der Waals surface area contributed by atoms with Crippen LogP contribution >= 0.6 is 0 Å². The van der Waals surface area contributed by atoms with E-state index < -0.39 is 16.9 Å². The van der Waals surface area contributed by atoms with E-state index in [1.165, 1.54) is 35.1 Å². The van der Waals surface area contributed by atoms with E-state index >= 15 is 8.78 Å². The van der Waals surface area contributed by atoms with Gasteiger partial charge in [-0.25, -0.2) is 0 Å². The van der Waals surface area contributed by atoms with Crippen molar-refractivity contribution in [1.29, 1.82) is 0 Å². The third kappa shape index (κ3) is 4.59. The quantitative estimate of drug-likeness (QED) is 0.382.